The number of aromatic nitrogens is 2. The fraction of sp³-hybridized carbons (Fsp3) is 0.341. The Bertz CT molecular complexity index is 4910. The van der Waals surface area contributed by atoms with Crippen molar-refractivity contribution in [2.45, 2.75) is 182 Å². The largest absolute Gasteiger partial charge is 2.00 e. The van der Waals surface area contributed by atoms with Crippen molar-refractivity contribution in [3.05, 3.63) is 215 Å². The first-order valence-electron chi connectivity index (χ1n) is 34.8. The van der Waals surface area contributed by atoms with E-state index in [-0.39, 0.29) is 108 Å². The van der Waals surface area contributed by atoms with Gasteiger partial charge in [-0.3, -0.25) is 0 Å². The van der Waals surface area contributed by atoms with Crippen LogP contribution < -0.4 is 13.9 Å². The van der Waals surface area contributed by atoms with Gasteiger partial charge in [-0.05, 0) is 141 Å². The van der Waals surface area contributed by atoms with Crippen molar-refractivity contribution in [1.82, 2.24) is 18.7 Å². The summed E-state index contributed by atoms with van der Waals surface area (Å²) in [6.07, 6.45) is 4.11. The van der Waals surface area contributed by atoms with Gasteiger partial charge in [-0.1, -0.05) is 245 Å². The van der Waals surface area contributed by atoms with Crippen molar-refractivity contribution >= 4 is 50.6 Å². The van der Waals surface area contributed by atoms with Crippen LogP contribution in [-0.4, -0.2) is 15.6 Å². The van der Waals surface area contributed by atoms with E-state index in [1.54, 1.807) is 10.6 Å². The van der Waals surface area contributed by atoms with Gasteiger partial charge >= 0.3 is 27.1 Å². The van der Waals surface area contributed by atoms with Gasteiger partial charge in [0.15, 0.2) is 0 Å². The SMILES string of the molecule is [2H]c1c([2H])c(C(C)(C)C)c([2H])c([2H])c1-c1cc(C(C)(C)C)cc(-c2cc(C(C)(C)C)cc(C(C)(C)C)c2)c1[N+]1=C=[N+](c2[c-]c(Oc3[c-]c4c(cc3)c3c([2H])c([2H])c([2H])c([2H])c3n4-c3cc(C(C)(C)C)c(-c4ccc5c(c4)C(C)(C)CCC5(C)C)cn3)ccc2)c2ccccc21.[Pt+2]. The van der Waals surface area contributed by atoms with Crippen molar-refractivity contribution < 1.29 is 36.8 Å². The van der Waals surface area contributed by atoms with Crippen LogP contribution in [0.3, 0.4) is 0 Å². The van der Waals surface area contributed by atoms with Gasteiger partial charge in [-0.15, -0.1) is 23.6 Å². The van der Waals surface area contributed by atoms with E-state index in [0.29, 0.717) is 56.1 Å². The minimum Gasteiger partial charge on any atom is -0.509 e. The monoisotopic (exact) mass is 1350 g/mol. The molecule has 0 spiro atoms. The zero-order chi connectivity index (χ0) is 69.1. The van der Waals surface area contributed by atoms with E-state index >= 15 is 0 Å². The summed E-state index contributed by atoms with van der Waals surface area (Å²) in [6.45, 7) is 41.4. The van der Waals surface area contributed by atoms with Crippen molar-refractivity contribution in [2.24, 2.45) is 0 Å². The van der Waals surface area contributed by atoms with Gasteiger partial charge in [-0.2, -0.15) is 12.1 Å². The number of para-hydroxylation sites is 3. The number of hydrogen-bond donors (Lipinski definition) is 0. The number of rotatable bonds is 8. The Balaban J connectivity index is 0.00000936. The predicted octanol–water partition coefficient (Wildman–Crippen LogP) is 22.3. The number of nitrogens with zero attached hydrogens (tertiary/aromatic N) is 4. The van der Waals surface area contributed by atoms with Crippen molar-refractivity contribution in [3.8, 4) is 50.7 Å². The van der Waals surface area contributed by atoms with Gasteiger partial charge < -0.3 is 9.30 Å². The summed E-state index contributed by atoms with van der Waals surface area (Å²) < 4.78 is 88.1. The second kappa shape index (κ2) is 22.0. The summed E-state index contributed by atoms with van der Waals surface area (Å²) in [6, 6.07) is 46.7. The maximum Gasteiger partial charge on any atom is 2.00 e. The molecule has 0 atom stereocenters. The molecule has 8 aromatic carbocycles. The molecule has 450 valence electrons. The van der Waals surface area contributed by atoms with Crippen molar-refractivity contribution in [1.29, 1.82) is 0 Å². The van der Waals surface area contributed by atoms with Crippen LogP contribution in [-0.2, 0) is 59.0 Å². The minimum atomic E-state index is -0.676. The third-order valence-electron chi connectivity index (χ3n) is 18.0. The molecule has 1 aliphatic heterocycles. The van der Waals surface area contributed by atoms with Gasteiger partial charge in [0.2, 0.25) is 5.69 Å². The Morgan fingerprint density at radius 3 is 1.72 bits per heavy atom. The van der Waals surface area contributed by atoms with Gasteiger partial charge in [0.05, 0.1) is 22.1 Å². The van der Waals surface area contributed by atoms with E-state index < -0.39 is 10.8 Å². The molecule has 0 N–H and O–H groups in total. The molecule has 10 aromatic rings. The number of ether oxygens (including phenoxy) is 1. The van der Waals surface area contributed by atoms with Crippen LogP contribution in [0.25, 0.3) is 61.0 Å². The molecule has 2 aromatic heterocycles. The van der Waals surface area contributed by atoms with E-state index in [9.17, 15) is 8.22 Å². The summed E-state index contributed by atoms with van der Waals surface area (Å²) in [5.41, 5.74) is 13.5. The molecule has 5 nitrogen and oxygen atoms in total. The molecule has 2 aliphatic rings. The number of benzene rings is 8. The first-order chi connectivity index (χ1) is 44.1. The fourth-order valence-corrected chi connectivity index (χ4v) is 12.4. The average Bonchev–Trinajstić information content (AvgIpc) is 1.01. The zero-order valence-electron chi connectivity index (χ0n) is 62.9. The van der Waals surface area contributed by atoms with Crippen LogP contribution in [0.4, 0.5) is 22.7 Å². The topological polar surface area (TPSA) is 33.1 Å². The number of pyridine rings is 1. The van der Waals surface area contributed by atoms with Crippen LogP contribution >= 0.6 is 0 Å². The van der Waals surface area contributed by atoms with Gasteiger partial charge in [0, 0.05) is 40.9 Å². The fourth-order valence-electron chi connectivity index (χ4n) is 12.4. The third-order valence-corrected chi connectivity index (χ3v) is 18.0. The van der Waals surface area contributed by atoms with Crippen LogP contribution in [0, 0.1) is 12.1 Å². The Hall–Kier alpha value is -7.42. The zero-order valence-corrected chi connectivity index (χ0v) is 57.2. The third kappa shape index (κ3) is 11.5. The first kappa shape index (κ1) is 52.5. The first-order valence-corrected chi connectivity index (χ1v) is 30.8. The Morgan fingerprint density at radius 1 is 0.511 bits per heavy atom. The van der Waals surface area contributed by atoms with Crippen LogP contribution in [0.5, 0.6) is 11.5 Å². The standard InChI is InChI=1S/C82H88N4O.Pt/c1-76(2,3)55-34-31-52(32-35-55)64-45-58(79(10,11)12)46-65(54-41-56(77(4,5)6)44-57(42-54)78(7,8)9)75(64)85-51-84(71-29-22-23-30-72(71)85)59-25-24-26-60(47-59)87-61-36-37-63-62-27-20-21-28-70(62)86(73(63)48-61)74-49-68(80(13,14)15)66(50-83-74)53-33-38-67-69(43-53)82(18,19)40-39-81(67,16)17;/h20-38,41-46,49-50H,39-40H2,1-19H3;/q;+2/i20D,21D,27D,28D,31D,32D,34D,35D;. The Labute approximate surface area is 550 Å². The number of fused-ring (bicyclic) bond motifs is 5. The molecular formula is C82H88N4OPt+2. The van der Waals surface area contributed by atoms with Crippen LogP contribution in [0.2, 0.25) is 0 Å². The van der Waals surface area contributed by atoms with Crippen molar-refractivity contribution in [3.63, 3.8) is 0 Å². The van der Waals surface area contributed by atoms with E-state index in [1.807, 2.05) is 84.7 Å². The maximum absolute atomic E-state index is 9.90. The average molecular weight is 1350 g/mol. The molecule has 12 rings (SSSR count). The van der Waals surface area contributed by atoms with Crippen molar-refractivity contribution in [2.75, 3.05) is 0 Å². The summed E-state index contributed by atoms with van der Waals surface area (Å²) in [5.74, 6) is 1.14. The quantitative estimate of drug-likeness (QED) is 0.112. The molecule has 3 heterocycles. The second-order valence-corrected chi connectivity index (χ2v) is 30.7. The normalized spacial score (nSPS) is 16.2. The number of hydrogen-bond acceptors (Lipinski definition) is 2. The Morgan fingerprint density at radius 2 is 1.09 bits per heavy atom. The summed E-state index contributed by atoms with van der Waals surface area (Å²) in [5, 5.41) is 0.911. The van der Waals surface area contributed by atoms with Crippen LogP contribution in [0.1, 0.15) is 194 Å². The van der Waals surface area contributed by atoms with E-state index in [1.165, 1.54) is 11.1 Å². The molecule has 6 heteroatoms. The summed E-state index contributed by atoms with van der Waals surface area (Å²) in [7, 11) is 0. The van der Waals surface area contributed by atoms with E-state index in [0.717, 1.165) is 68.7 Å². The Kier molecular flexibility index (Phi) is 13.1. The second-order valence-electron chi connectivity index (χ2n) is 30.7. The summed E-state index contributed by atoms with van der Waals surface area (Å²) >= 11 is 0. The molecule has 0 fully saturated rings. The predicted molar refractivity (Wildman–Crippen MR) is 369 cm³/mol. The van der Waals surface area contributed by atoms with E-state index in [4.69, 9.17) is 12.5 Å². The van der Waals surface area contributed by atoms with Gasteiger partial charge in [0.25, 0.3) is 11.4 Å². The maximum atomic E-state index is 9.90. The molecule has 1 aliphatic carbocycles. The molecule has 0 radical (unpaired) electrons. The molecule has 0 saturated heterocycles. The van der Waals surface area contributed by atoms with Crippen LogP contribution in [0.15, 0.2) is 164 Å². The smallest absolute Gasteiger partial charge is 0.509 e. The molecule has 0 unspecified atom stereocenters. The minimum absolute atomic E-state index is 0. The molecule has 88 heavy (non-hydrogen) atoms. The van der Waals surface area contributed by atoms with E-state index in [2.05, 4.69) is 184 Å². The molecular weight excluding hydrogens is 1250 g/mol. The van der Waals surface area contributed by atoms with Gasteiger partial charge in [-0.25, -0.2) is 4.98 Å². The van der Waals surface area contributed by atoms with Gasteiger partial charge in [0.1, 0.15) is 11.5 Å². The summed E-state index contributed by atoms with van der Waals surface area (Å²) in [4.78, 5) is 5.19. The molecule has 0 amide bonds. The molecule has 0 bridgehead atoms. The molecule has 0 saturated carbocycles.